The van der Waals surface area contributed by atoms with Crippen LogP contribution in [0.1, 0.15) is 23.8 Å². The van der Waals surface area contributed by atoms with Gasteiger partial charge in [-0.25, -0.2) is 0 Å². The summed E-state index contributed by atoms with van der Waals surface area (Å²) in [6.07, 6.45) is 0. The summed E-state index contributed by atoms with van der Waals surface area (Å²) in [5.41, 5.74) is 2.53. The van der Waals surface area contributed by atoms with Crippen molar-refractivity contribution in [3.63, 3.8) is 0 Å². The van der Waals surface area contributed by atoms with Gasteiger partial charge in [-0.2, -0.15) is 0 Å². The molecule has 3 aromatic rings. The predicted octanol–water partition coefficient (Wildman–Crippen LogP) is 3.42. The number of rotatable bonds is 4. The predicted molar refractivity (Wildman–Crippen MR) is 95.4 cm³/mol. The minimum atomic E-state index is -0.406. The van der Waals surface area contributed by atoms with Gasteiger partial charge in [0.25, 0.3) is 0 Å². The number of benzene rings is 2. The number of nitrogens with zero attached hydrogens (tertiary/aromatic N) is 2. The molecule has 5 nitrogen and oxygen atoms in total. The van der Waals surface area contributed by atoms with Gasteiger partial charge in [-0.05, 0) is 0 Å². The zero-order chi connectivity index (χ0) is 17.4. The SMILES string of the molecule is COc1cc2c(cc1OCc1ccccc1)OC(C)(C)c1[se]nnc1-2. The van der Waals surface area contributed by atoms with Gasteiger partial charge in [0.05, 0.1) is 0 Å². The second kappa shape index (κ2) is 6.21. The van der Waals surface area contributed by atoms with Crippen LogP contribution in [0.2, 0.25) is 0 Å². The van der Waals surface area contributed by atoms with E-state index >= 15 is 0 Å². The van der Waals surface area contributed by atoms with Crippen molar-refractivity contribution < 1.29 is 14.2 Å². The van der Waals surface area contributed by atoms with Crippen molar-refractivity contribution in [1.82, 2.24) is 9.19 Å². The van der Waals surface area contributed by atoms with Crippen LogP contribution in [0.15, 0.2) is 42.5 Å². The van der Waals surface area contributed by atoms with Crippen LogP contribution in [0.4, 0.5) is 0 Å². The number of methoxy groups -OCH3 is 1. The van der Waals surface area contributed by atoms with Gasteiger partial charge in [-0.1, -0.05) is 0 Å². The van der Waals surface area contributed by atoms with E-state index in [1.807, 2.05) is 42.5 Å². The molecule has 1 aliphatic heterocycles. The molecule has 4 rings (SSSR count). The first kappa shape index (κ1) is 16.2. The standard InChI is InChI=1S/C19H18N2O3Se/c1-19(2)18-17(20-21-25-18)13-9-15(22-3)16(10-14(13)24-19)23-11-12-7-5-4-6-8-12/h4-10H,11H2,1-3H3. The van der Waals surface area contributed by atoms with E-state index in [2.05, 4.69) is 23.0 Å². The fraction of sp³-hybridized carbons (Fsp3) is 0.263. The average molecular weight is 401 g/mol. The average Bonchev–Trinajstić information content (AvgIpc) is 3.11. The van der Waals surface area contributed by atoms with Gasteiger partial charge in [0, 0.05) is 0 Å². The van der Waals surface area contributed by atoms with Crippen LogP contribution < -0.4 is 14.2 Å². The Morgan fingerprint density at radius 3 is 2.68 bits per heavy atom. The molecular weight excluding hydrogens is 383 g/mol. The Morgan fingerprint density at radius 2 is 1.92 bits per heavy atom. The fourth-order valence-corrected chi connectivity index (χ4v) is 4.38. The van der Waals surface area contributed by atoms with E-state index in [1.54, 1.807) is 7.11 Å². The third-order valence-electron chi connectivity index (χ3n) is 4.16. The zero-order valence-corrected chi connectivity index (χ0v) is 16.0. The maximum absolute atomic E-state index is 6.23. The Bertz CT molecular complexity index is 906. The summed E-state index contributed by atoms with van der Waals surface area (Å²) in [4.78, 5) is 0. The summed E-state index contributed by atoms with van der Waals surface area (Å²) < 4.78 is 23.1. The fourth-order valence-electron chi connectivity index (χ4n) is 2.90. The topological polar surface area (TPSA) is 53.5 Å². The molecule has 0 bridgehead atoms. The molecule has 0 aliphatic carbocycles. The van der Waals surface area contributed by atoms with Crippen LogP contribution in [0.5, 0.6) is 17.2 Å². The number of ether oxygens (including phenoxy) is 3. The van der Waals surface area contributed by atoms with Gasteiger partial charge in [-0.15, -0.1) is 0 Å². The van der Waals surface area contributed by atoms with Gasteiger partial charge in [0.1, 0.15) is 0 Å². The molecule has 2 heterocycles. The van der Waals surface area contributed by atoms with Crippen molar-refractivity contribution in [3.05, 3.63) is 52.5 Å². The molecule has 0 saturated heterocycles. The Morgan fingerprint density at radius 1 is 1.12 bits per heavy atom. The third kappa shape index (κ3) is 2.92. The number of fused-ring (bicyclic) bond motifs is 3. The van der Waals surface area contributed by atoms with E-state index in [1.165, 1.54) is 0 Å². The quantitative estimate of drug-likeness (QED) is 0.628. The molecule has 0 spiro atoms. The first-order valence-corrected chi connectivity index (χ1v) is 9.62. The molecule has 0 unspecified atom stereocenters. The van der Waals surface area contributed by atoms with E-state index < -0.39 is 5.60 Å². The number of aromatic nitrogens is 2. The van der Waals surface area contributed by atoms with Crippen LogP contribution >= 0.6 is 0 Å². The molecule has 1 aromatic heterocycles. The van der Waals surface area contributed by atoms with Crippen molar-refractivity contribution in [2.75, 3.05) is 7.11 Å². The van der Waals surface area contributed by atoms with Crippen molar-refractivity contribution in [1.29, 1.82) is 0 Å². The summed E-state index contributed by atoms with van der Waals surface area (Å²) in [5.74, 6) is 2.08. The molecule has 0 radical (unpaired) electrons. The molecule has 0 amide bonds. The monoisotopic (exact) mass is 402 g/mol. The number of hydrogen-bond donors (Lipinski definition) is 0. The second-order valence-corrected chi connectivity index (χ2v) is 7.92. The van der Waals surface area contributed by atoms with Crippen molar-refractivity contribution in [2.45, 2.75) is 26.1 Å². The zero-order valence-electron chi connectivity index (χ0n) is 14.3. The molecule has 6 heteroatoms. The Hall–Kier alpha value is -2.30. The van der Waals surface area contributed by atoms with E-state index in [0.717, 1.165) is 27.0 Å². The molecule has 0 atom stereocenters. The van der Waals surface area contributed by atoms with Crippen molar-refractivity contribution in [2.24, 2.45) is 0 Å². The van der Waals surface area contributed by atoms with Crippen LogP contribution in [-0.4, -0.2) is 31.0 Å². The van der Waals surface area contributed by atoms with Crippen molar-refractivity contribution >= 4 is 14.7 Å². The number of hydrogen-bond acceptors (Lipinski definition) is 5. The summed E-state index contributed by atoms with van der Waals surface area (Å²) in [5, 5.41) is 4.35. The Labute approximate surface area is 152 Å². The molecule has 0 saturated carbocycles. The first-order valence-electron chi connectivity index (χ1n) is 7.99. The third-order valence-corrected chi connectivity index (χ3v) is 6.32. The van der Waals surface area contributed by atoms with Crippen LogP contribution in [-0.2, 0) is 12.2 Å². The van der Waals surface area contributed by atoms with E-state index in [0.29, 0.717) is 18.1 Å². The molecular formula is C19H18N2O3Se. The van der Waals surface area contributed by atoms with Crippen LogP contribution in [0, 0.1) is 0 Å². The van der Waals surface area contributed by atoms with Gasteiger partial charge in [-0.3, -0.25) is 0 Å². The minimum absolute atomic E-state index is 0.00770. The Kier molecular flexibility index (Phi) is 4.02. The van der Waals surface area contributed by atoms with Crippen LogP contribution in [0.25, 0.3) is 11.3 Å². The summed E-state index contributed by atoms with van der Waals surface area (Å²) >= 11 is -0.00770. The van der Waals surface area contributed by atoms with Gasteiger partial charge < -0.3 is 0 Å². The van der Waals surface area contributed by atoms with E-state index in [-0.39, 0.29) is 14.7 Å². The van der Waals surface area contributed by atoms with E-state index in [9.17, 15) is 0 Å². The molecule has 1 aliphatic rings. The summed E-state index contributed by atoms with van der Waals surface area (Å²) in [6, 6.07) is 13.9. The first-order chi connectivity index (χ1) is 12.1. The van der Waals surface area contributed by atoms with E-state index in [4.69, 9.17) is 14.2 Å². The summed E-state index contributed by atoms with van der Waals surface area (Å²) in [7, 11) is 1.64. The van der Waals surface area contributed by atoms with Gasteiger partial charge in [0.15, 0.2) is 0 Å². The summed E-state index contributed by atoms with van der Waals surface area (Å²) in [6.45, 7) is 4.58. The maximum atomic E-state index is 6.23. The van der Waals surface area contributed by atoms with Gasteiger partial charge in [0.2, 0.25) is 0 Å². The molecule has 25 heavy (non-hydrogen) atoms. The van der Waals surface area contributed by atoms with Crippen molar-refractivity contribution in [3.8, 4) is 28.5 Å². The molecule has 0 fully saturated rings. The van der Waals surface area contributed by atoms with Crippen LogP contribution in [0.3, 0.4) is 0 Å². The molecule has 0 N–H and O–H groups in total. The van der Waals surface area contributed by atoms with Gasteiger partial charge >= 0.3 is 152 Å². The Balaban J connectivity index is 1.71. The molecule has 128 valence electrons. The molecule has 2 aromatic carbocycles. The normalized spacial score (nSPS) is 14.2. The second-order valence-electron chi connectivity index (χ2n) is 6.34.